The van der Waals surface area contributed by atoms with Crippen LogP contribution >= 0.6 is 0 Å². The maximum Gasteiger partial charge on any atom is 0.534 e. The second-order valence-electron chi connectivity index (χ2n) is 5.10. The molecule has 1 aromatic rings. The molecule has 0 saturated heterocycles. The summed E-state index contributed by atoms with van der Waals surface area (Å²) in [6.07, 6.45) is -1.22. The van der Waals surface area contributed by atoms with Crippen LogP contribution in [0.2, 0.25) is 0 Å². The molecule has 2 heterocycles. The van der Waals surface area contributed by atoms with E-state index in [1.54, 1.807) is 0 Å². The Morgan fingerprint density at radius 2 is 2.04 bits per heavy atom. The van der Waals surface area contributed by atoms with Crippen molar-refractivity contribution in [3.05, 3.63) is 22.9 Å². The fourth-order valence-electron chi connectivity index (χ4n) is 2.19. The summed E-state index contributed by atoms with van der Waals surface area (Å²) in [5, 5.41) is 9.01. The number of rotatable bonds is 4. The summed E-state index contributed by atoms with van der Waals surface area (Å²) in [6, 6.07) is 1.02. The third kappa shape index (κ3) is 3.98. The summed E-state index contributed by atoms with van der Waals surface area (Å²) in [5.74, 6) is -2.22. The molecule has 1 amide bonds. The van der Waals surface area contributed by atoms with Crippen LogP contribution in [-0.4, -0.2) is 54.1 Å². The van der Waals surface area contributed by atoms with Gasteiger partial charge in [-0.1, -0.05) is 0 Å². The first-order valence-corrected chi connectivity index (χ1v) is 8.55. The van der Waals surface area contributed by atoms with Crippen molar-refractivity contribution < 1.29 is 45.2 Å². The molecule has 26 heavy (non-hydrogen) atoms. The SMILES string of the molecule is CCOC(=O)c1cc2c(nc1OS(=O)(=O)C(F)(F)F)CCN(C(=O)O)C2. The van der Waals surface area contributed by atoms with Crippen LogP contribution in [0.4, 0.5) is 18.0 Å². The molecule has 1 aliphatic heterocycles. The van der Waals surface area contributed by atoms with Gasteiger partial charge in [0.05, 0.1) is 18.8 Å². The number of alkyl halides is 3. The summed E-state index contributed by atoms with van der Waals surface area (Å²) in [6.45, 7) is 1.13. The lowest BCUT2D eigenvalue weighted by atomic mass is 10.0. The highest BCUT2D eigenvalue weighted by atomic mass is 32.2. The lowest BCUT2D eigenvalue weighted by Crippen LogP contribution is -2.36. The molecule has 1 aliphatic rings. The minimum Gasteiger partial charge on any atom is -0.465 e. The Kier molecular flexibility index (Phi) is 5.30. The zero-order valence-corrected chi connectivity index (χ0v) is 14.1. The first kappa shape index (κ1) is 19.8. The van der Waals surface area contributed by atoms with Gasteiger partial charge >= 0.3 is 27.7 Å². The van der Waals surface area contributed by atoms with Crippen molar-refractivity contribution in [1.29, 1.82) is 0 Å². The molecule has 144 valence electrons. The maximum absolute atomic E-state index is 12.6. The Morgan fingerprint density at radius 1 is 1.38 bits per heavy atom. The van der Waals surface area contributed by atoms with Gasteiger partial charge in [-0.3, -0.25) is 0 Å². The molecule has 1 aromatic heterocycles. The Bertz CT molecular complexity index is 839. The monoisotopic (exact) mass is 398 g/mol. The van der Waals surface area contributed by atoms with Gasteiger partial charge in [0.15, 0.2) is 0 Å². The van der Waals surface area contributed by atoms with Crippen molar-refractivity contribution in [2.24, 2.45) is 0 Å². The van der Waals surface area contributed by atoms with Gasteiger partial charge in [0.1, 0.15) is 5.56 Å². The highest BCUT2D eigenvalue weighted by Crippen LogP contribution is 2.31. The predicted octanol–water partition coefficient (Wildman–Crippen LogP) is 1.52. The summed E-state index contributed by atoms with van der Waals surface area (Å²) >= 11 is 0. The van der Waals surface area contributed by atoms with E-state index in [4.69, 9.17) is 5.11 Å². The largest absolute Gasteiger partial charge is 0.534 e. The number of carboxylic acid groups (broad SMARTS) is 1. The zero-order valence-electron chi connectivity index (χ0n) is 13.2. The molecule has 0 bridgehead atoms. The van der Waals surface area contributed by atoms with Crippen molar-refractivity contribution >= 4 is 22.2 Å². The number of hydrogen-bond donors (Lipinski definition) is 1. The quantitative estimate of drug-likeness (QED) is 0.460. The molecule has 0 saturated carbocycles. The minimum absolute atomic E-state index is 0.000449. The van der Waals surface area contributed by atoms with E-state index >= 15 is 0 Å². The highest BCUT2D eigenvalue weighted by Gasteiger charge is 2.49. The van der Waals surface area contributed by atoms with Gasteiger partial charge in [-0.2, -0.15) is 21.6 Å². The van der Waals surface area contributed by atoms with Crippen LogP contribution in [0.3, 0.4) is 0 Å². The summed E-state index contributed by atoms with van der Waals surface area (Å²) in [5.41, 5.74) is -6.00. The smallest absolute Gasteiger partial charge is 0.465 e. The molecule has 0 aromatic carbocycles. The molecule has 0 fully saturated rings. The highest BCUT2D eigenvalue weighted by molar-refractivity contribution is 7.87. The molecular weight excluding hydrogens is 385 g/mol. The number of amides is 1. The minimum atomic E-state index is -6.05. The van der Waals surface area contributed by atoms with E-state index < -0.39 is 39.1 Å². The molecule has 0 aliphatic carbocycles. The van der Waals surface area contributed by atoms with Gasteiger partial charge < -0.3 is 18.9 Å². The molecule has 13 heteroatoms. The molecule has 9 nitrogen and oxygen atoms in total. The number of halogens is 3. The van der Waals surface area contributed by atoms with Crippen molar-refractivity contribution in [3.63, 3.8) is 0 Å². The van der Waals surface area contributed by atoms with Crippen molar-refractivity contribution in [2.45, 2.75) is 25.4 Å². The Morgan fingerprint density at radius 3 is 2.58 bits per heavy atom. The second-order valence-corrected chi connectivity index (χ2v) is 6.64. The van der Waals surface area contributed by atoms with E-state index in [2.05, 4.69) is 13.9 Å². The Labute approximate surface area is 145 Å². The van der Waals surface area contributed by atoms with E-state index in [9.17, 15) is 31.2 Å². The van der Waals surface area contributed by atoms with Crippen molar-refractivity contribution in [3.8, 4) is 5.88 Å². The number of ether oxygens (including phenoxy) is 1. The van der Waals surface area contributed by atoms with E-state index in [1.807, 2.05) is 0 Å². The van der Waals surface area contributed by atoms with Gasteiger partial charge in [-0.15, -0.1) is 0 Å². The third-order valence-corrected chi connectivity index (χ3v) is 4.32. The molecule has 0 spiro atoms. The second kappa shape index (κ2) is 6.97. The van der Waals surface area contributed by atoms with Crippen molar-refractivity contribution in [2.75, 3.05) is 13.2 Å². The van der Waals surface area contributed by atoms with E-state index in [0.29, 0.717) is 0 Å². The van der Waals surface area contributed by atoms with Crippen LogP contribution in [0.1, 0.15) is 28.5 Å². The number of fused-ring (bicyclic) bond motifs is 1. The Balaban J connectivity index is 2.51. The summed E-state index contributed by atoms with van der Waals surface area (Å²) in [7, 11) is -6.05. The Hall–Kier alpha value is -2.57. The van der Waals surface area contributed by atoms with Gasteiger partial charge in [-0.05, 0) is 18.6 Å². The number of carbonyl (C=O) groups is 2. The topological polar surface area (TPSA) is 123 Å². The van der Waals surface area contributed by atoms with Crippen molar-refractivity contribution in [1.82, 2.24) is 9.88 Å². The molecule has 1 N–H and O–H groups in total. The molecule has 2 rings (SSSR count). The lowest BCUT2D eigenvalue weighted by molar-refractivity contribution is -0.0502. The van der Waals surface area contributed by atoms with Gasteiger partial charge in [0, 0.05) is 13.0 Å². The summed E-state index contributed by atoms with van der Waals surface area (Å²) < 4.78 is 68.8. The molecule has 0 atom stereocenters. The third-order valence-electron chi connectivity index (χ3n) is 3.37. The number of esters is 1. The average Bonchev–Trinajstić information content (AvgIpc) is 2.52. The normalized spacial score (nSPS) is 14.5. The predicted molar refractivity (Wildman–Crippen MR) is 77.9 cm³/mol. The van der Waals surface area contributed by atoms with Gasteiger partial charge in [-0.25, -0.2) is 14.6 Å². The maximum atomic E-state index is 12.6. The lowest BCUT2D eigenvalue weighted by Gasteiger charge is -2.26. The number of hydrogen-bond acceptors (Lipinski definition) is 7. The standard InChI is InChI=1S/C13H13F3N2O7S/c1-2-24-11(19)8-5-7-6-18(12(20)21)4-3-9(7)17-10(8)25-26(22,23)13(14,15)16/h5H,2-4,6H2,1H3,(H,20,21). The molecular formula is C13H13F3N2O7S. The number of pyridine rings is 1. The number of carbonyl (C=O) groups excluding carboxylic acids is 1. The van der Waals surface area contributed by atoms with Crippen LogP contribution in [0.25, 0.3) is 0 Å². The first-order valence-electron chi connectivity index (χ1n) is 7.14. The fourth-order valence-corrected chi connectivity index (χ4v) is 2.62. The van der Waals surface area contributed by atoms with Gasteiger partial charge in [0.2, 0.25) is 5.88 Å². The van der Waals surface area contributed by atoms with Crippen LogP contribution in [0.5, 0.6) is 5.88 Å². The van der Waals surface area contributed by atoms with Crippen LogP contribution in [-0.2, 0) is 27.8 Å². The summed E-state index contributed by atoms with van der Waals surface area (Å²) in [4.78, 5) is 27.7. The molecule has 0 radical (unpaired) electrons. The fraction of sp³-hybridized carbons (Fsp3) is 0.462. The van der Waals surface area contributed by atoms with Gasteiger partial charge in [0.25, 0.3) is 0 Å². The number of nitrogens with zero attached hydrogens (tertiary/aromatic N) is 2. The van der Waals surface area contributed by atoms with E-state index in [1.165, 1.54) is 6.92 Å². The van der Waals surface area contributed by atoms with Crippen LogP contribution in [0.15, 0.2) is 6.07 Å². The number of aromatic nitrogens is 1. The van der Waals surface area contributed by atoms with Crippen LogP contribution in [0, 0.1) is 0 Å². The average molecular weight is 398 g/mol. The van der Waals surface area contributed by atoms with Crippen LogP contribution < -0.4 is 4.18 Å². The van der Waals surface area contributed by atoms with E-state index in [0.717, 1.165) is 11.0 Å². The molecule has 0 unspecified atom stereocenters. The zero-order chi connectivity index (χ0) is 19.7. The van der Waals surface area contributed by atoms with E-state index in [-0.39, 0.29) is 37.4 Å². The first-order chi connectivity index (χ1) is 12.0.